The van der Waals surface area contributed by atoms with Gasteiger partial charge in [0.2, 0.25) is 5.91 Å². The lowest BCUT2D eigenvalue weighted by Gasteiger charge is -2.27. The molecular formula is C24H32N2O3. The second-order valence-electron chi connectivity index (χ2n) is 7.60. The Morgan fingerprint density at radius 2 is 1.62 bits per heavy atom. The van der Waals surface area contributed by atoms with E-state index in [2.05, 4.69) is 28.4 Å². The van der Waals surface area contributed by atoms with E-state index in [9.17, 15) is 4.79 Å². The van der Waals surface area contributed by atoms with Crippen molar-refractivity contribution in [3.8, 4) is 11.5 Å². The molecule has 156 valence electrons. The number of nitrogens with zero attached hydrogens (tertiary/aromatic N) is 1. The van der Waals surface area contributed by atoms with E-state index >= 15 is 0 Å². The fraction of sp³-hybridized carbons (Fsp3) is 0.458. The van der Waals surface area contributed by atoms with E-state index in [0.717, 1.165) is 23.6 Å². The Morgan fingerprint density at radius 3 is 2.28 bits per heavy atom. The van der Waals surface area contributed by atoms with Crippen LogP contribution in [0.25, 0.3) is 0 Å². The first-order valence-corrected chi connectivity index (χ1v) is 10.5. The zero-order valence-electron chi connectivity index (χ0n) is 17.6. The SMILES string of the molecule is COc1cc(CCC(=O)NCc2ccccc2CN2CCCCC2)cc(OC)c1. The molecule has 0 aromatic heterocycles. The minimum Gasteiger partial charge on any atom is -0.497 e. The van der Waals surface area contributed by atoms with Crippen LogP contribution in [0.3, 0.4) is 0 Å². The molecule has 1 amide bonds. The highest BCUT2D eigenvalue weighted by atomic mass is 16.5. The summed E-state index contributed by atoms with van der Waals surface area (Å²) in [6.45, 7) is 3.88. The number of carbonyl (C=O) groups excluding carboxylic acids is 1. The van der Waals surface area contributed by atoms with E-state index in [1.807, 2.05) is 24.3 Å². The molecule has 2 aromatic carbocycles. The quantitative estimate of drug-likeness (QED) is 0.698. The molecule has 1 saturated heterocycles. The number of aryl methyl sites for hydroxylation is 1. The summed E-state index contributed by atoms with van der Waals surface area (Å²) < 4.78 is 10.6. The minimum atomic E-state index is 0.0552. The van der Waals surface area contributed by atoms with Gasteiger partial charge in [-0.3, -0.25) is 9.69 Å². The van der Waals surface area contributed by atoms with Crippen LogP contribution < -0.4 is 14.8 Å². The summed E-state index contributed by atoms with van der Waals surface area (Å²) >= 11 is 0. The van der Waals surface area contributed by atoms with Crippen LogP contribution in [0.5, 0.6) is 11.5 Å². The summed E-state index contributed by atoms with van der Waals surface area (Å²) in [5, 5.41) is 3.08. The third-order valence-corrected chi connectivity index (χ3v) is 5.49. The highest BCUT2D eigenvalue weighted by Gasteiger charge is 2.13. The molecule has 1 aliphatic heterocycles. The molecule has 0 unspecified atom stereocenters. The summed E-state index contributed by atoms with van der Waals surface area (Å²) in [6, 6.07) is 14.2. The standard InChI is InChI=1S/C24H32N2O3/c1-28-22-14-19(15-23(16-22)29-2)10-11-24(27)25-17-20-8-4-5-9-21(20)18-26-12-6-3-7-13-26/h4-5,8-9,14-16H,3,6-7,10-13,17-18H2,1-2H3,(H,25,27). The summed E-state index contributed by atoms with van der Waals surface area (Å²) in [6.07, 6.45) is 4.99. The Bertz CT molecular complexity index is 778. The molecule has 1 heterocycles. The first-order chi connectivity index (χ1) is 14.2. The number of benzene rings is 2. The average molecular weight is 397 g/mol. The zero-order chi connectivity index (χ0) is 20.5. The molecule has 29 heavy (non-hydrogen) atoms. The fourth-order valence-electron chi connectivity index (χ4n) is 3.79. The Hall–Kier alpha value is -2.53. The average Bonchev–Trinajstić information content (AvgIpc) is 2.77. The monoisotopic (exact) mass is 396 g/mol. The smallest absolute Gasteiger partial charge is 0.220 e. The molecule has 3 rings (SSSR count). The summed E-state index contributed by atoms with van der Waals surface area (Å²) in [4.78, 5) is 14.9. The van der Waals surface area contributed by atoms with Gasteiger partial charge in [-0.25, -0.2) is 0 Å². The highest BCUT2D eigenvalue weighted by Crippen LogP contribution is 2.23. The van der Waals surface area contributed by atoms with Crippen molar-refractivity contribution in [2.24, 2.45) is 0 Å². The fourth-order valence-corrected chi connectivity index (χ4v) is 3.79. The van der Waals surface area contributed by atoms with E-state index in [0.29, 0.717) is 19.4 Å². The van der Waals surface area contributed by atoms with Gasteiger partial charge in [0.1, 0.15) is 11.5 Å². The van der Waals surface area contributed by atoms with Gasteiger partial charge in [-0.05, 0) is 61.2 Å². The van der Waals surface area contributed by atoms with Gasteiger partial charge < -0.3 is 14.8 Å². The molecule has 0 aliphatic carbocycles. The number of hydrogen-bond donors (Lipinski definition) is 1. The Kier molecular flexibility index (Phi) is 7.94. The zero-order valence-corrected chi connectivity index (χ0v) is 17.6. The van der Waals surface area contributed by atoms with Gasteiger partial charge in [0, 0.05) is 25.6 Å². The maximum absolute atomic E-state index is 12.4. The van der Waals surface area contributed by atoms with Gasteiger partial charge in [0.05, 0.1) is 14.2 Å². The van der Waals surface area contributed by atoms with E-state index in [1.165, 1.54) is 43.5 Å². The maximum atomic E-state index is 12.4. The Labute approximate surface area is 174 Å². The van der Waals surface area contributed by atoms with Crippen molar-refractivity contribution in [1.29, 1.82) is 0 Å². The third-order valence-electron chi connectivity index (χ3n) is 5.49. The van der Waals surface area contributed by atoms with Crippen molar-refractivity contribution >= 4 is 5.91 Å². The summed E-state index contributed by atoms with van der Waals surface area (Å²) in [7, 11) is 3.26. The molecule has 0 bridgehead atoms. The van der Waals surface area contributed by atoms with E-state index in [1.54, 1.807) is 14.2 Å². The van der Waals surface area contributed by atoms with Gasteiger partial charge >= 0.3 is 0 Å². The van der Waals surface area contributed by atoms with Crippen molar-refractivity contribution in [1.82, 2.24) is 10.2 Å². The molecule has 1 fully saturated rings. The highest BCUT2D eigenvalue weighted by molar-refractivity contribution is 5.76. The molecule has 5 nitrogen and oxygen atoms in total. The number of nitrogens with one attached hydrogen (secondary N) is 1. The van der Waals surface area contributed by atoms with Crippen molar-refractivity contribution < 1.29 is 14.3 Å². The molecule has 2 aromatic rings. The first-order valence-electron chi connectivity index (χ1n) is 10.5. The molecular weight excluding hydrogens is 364 g/mol. The van der Waals surface area contributed by atoms with Crippen molar-refractivity contribution in [3.63, 3.8) is 0 Å². The number of rotatable bonds is 9. The van der Waals surface area contributed by atoms with Crippen LogP contribution in [0, 0.1) is 0 Å². The molecule has 1 aliphatic rings. The lowest BCUT2D eigenvalue weighted by atomic mass is 10.0. The number of ether oxygens (including phenoxy) is 2. The lowest BCUT2D eigenvalue weighted by molar-refractivity contribution is -0.121. The maximum Gasteiger partial charge on any atom is 0.220 e. The number of piperidine rings is 1. The molecule has 0 radical (unpaired) electrons. The van der Waals surface area contributed by atoms with Crippen LogP contribution in [-0.4, -0.2) is 38.1 Å². The van der Waals surface area contributed by atoms with Crippen LogP contribution in [0.15, 0.2) is 42.5 Å². The first kappa shape index (κ1) is 21.2. The Morgan fingerprint density at radius 1 is 0.966 bits per heavy atom. The minimum absolute atomic E-state index is 0.0552. The summed E-state index contributed by atoms with van der Waals surface area (Å²) in [5.74, 6) is 1.54. The molecule has 0 spiro atoms. The van der Waals surface area contributed by atoms with E-state index < -0.39 is 0 Å². The second kappa shape index (κ2) is 10.9. The summed E-state index contributed by atoms with van der Waals surface area (Å²) in [5.41, 5.74) is 3.54. The van der Waals surface area contributed by atoms with Crippen LogP contribution in [0.4, 0.5) is 0 Å². The predicted octanol–water partition coefficient (Wildman–Crippen LogP) is 3.94. The van der Waals surface area contributed by atoms with Crippen LogP contribution in [-0.2, 0) is 24.3 Å². The van der Waals surface area contributed by atoms with Crippen molar-refractivity contribution in [2.75, 3.05) is 27.3 Å². The lowest BCUT2D eigenvalue weighted by Crippen LogP contribution is -2.30. The molecule has 0 saturated carbocycles. The molecule has 5 heteroatoms. The van der Waals surface area contributed by atoms with Gasteiger partial charge in [0.25, 0.3) is 0 Å². The van der Waals surface area contributed by atoms with E-state index in [4.69, 9.17) is 9.47 Å². The van der Waals surface area contributed by atoms with Crippen LogP contribution >= 0.6 is 0 Å². The molecule has 1 N–H and O–H groups in total. The number of amides is 1. The van der Waals surface area contributed by atoms with Crippen molar-refractivity contribution in [2.45, 2.75) is 45.2 Å². The molecule has 0 atom stereocenters. The largest absolute Gasteiger partial charge is 0.497 e. The topological polar surface area (TPSA) is 50.8 Å². The van der Waals surface area contributed by atoms with Gasteiger partial charge in [0.15, 0.2) is 0 Å². The van der Waals surface area contributed by atoms with Crippen LogP contribution in [0.1, 0.15) is 42.4 Å². The second-order valence-corrected chi connectivity index (χ2v) is 7.60. The number of hydrogen-bond acceptors (Lipinski definition) is 4. The number of carbonyl (C=O) groups is 1. The van der Waals surface area contributed by atoms with Crippen molar-refractivity contribution in [3.05, 3.63) is 59.2 Å². The van der Waals surface area contributed by atoms with Gasteiger partial charge in [-0.1, -0.05) is 30.7 Å². The Balaban J connectivity index is 1.52. The third kappa shape index (κ3) is 6.50. The van der Waals surface area contributed by atoms with Gasteiger partial charge in [-0.2, -0.15) is 0 Å². The van der Waals surface area contributed by atoms with Gasteiger partial charge in [-0.15, -0.1) is 0 Å². The van der Waals surface area contributed by atoms with Crippen LogP contribution in [0.2, 0.25) is 0 Å². The predicted molar refractivity (Wildman–Crippen MR) is 115 cm³/mol. The number of methoxy groups -OCH3 is 2. The number of likely N-dealkylation sites (tertiary alicyclic amines) is 1. The van der Waals surface area contributed by atoms with E-state index in [-0.39, 0.29) is 5.91 Å². The normalized spacial score (nSPS) is 14.4.